The standard InChI is InChI=1S/C17H27NO2/c1-4-10-18-14-16-5-7-17(8-6-16)20-13-12-19-11-9-15(2)3/h5-8,18H,2,4,9-14H2,1,3H3. The van der Waals surface area contributed by atoms with Crippen LogP contribution >= 0.6 is 0 Å². The molecule has 1 N–H and O–H groups in total. The molecule has 0 saturated carbocycles. The zero-order valence-electron chi connectivity index (χ0n) is 12.8. The van der Waals surface area contributed by atoms with Crippen molar-refractivity contribution in [2.45, 2.75) is 33.2 Å². The van der Waals surface area contributed by atoms with Gasteiger partial charge in [-0.15, -0.1) is 6.58 Å². The van der Waals surface area contributed by atoms with Crippen LogP contribution in [0.2, 0.25) is 0 Å². The van der Waals surface area contributed by atoms with E-state index in [1.807, 2.05) is 19.1 Å². The maximum absolute atomic E-state index is 5.63. The van der Waals surface area contributed by atoms with E-state index < -0.39 is 0 Å². The Balaban J connectivity index is 2.13. The van der Waals surface area contributed by atoms with E-state index in [1.54, 1.807) is 0 Å². The summed E-state index contributed by atoms with van der Waals surface area (Å²) in [4.78, 5) is 0. The maximum atomic E-state index is 5.63. The van der Waals surface area contributed by atoms with Gasteiger partial charge in [0.1, 0.15) is 12.4 Å². The summed E-state index contributed by atoms with van der Waals surface area (Å²) in [7, 11) is 0. The highest BCUT2D eigenvalue weighted by atomic mass is 16.5. The molecule has 0 heterocycles. The van der Waals surface area contributed by atoms with E-state index in [2.05, 4.69) is 31.0 Å². The van der Waals surface area contributed by atoms with Crippen LogP contribution in [0.25, 0.3) is 0 Å². The van der Waals surface area contributed by atoms with Crippen molar-refractivity contribution in [1.29, 1.82) is 0 Å². The fourth-order valence-corrected chi connectivity index (χ4v) is 1.68. The van der Waals surface area contributed by atoms with Crippen LogP contribution in [0.1, 0.15) is 32.3 Å². The lowest BCUT2D eigenvalue weighted by Gasteiger charge is -2.08. The molecule has 112 valence electrons. The second-order valence-electron chi connectivity index (χ2n) is 4.99. The molecule has 0 unspecified atom stereocenters. The topological polar surface area (TPSA) is 30.5 Å². The number of hydrogen-bond acceptors (Lipinski definition) is 3. The molecule has 0 bridgehead atoms. The summed E-state index contributed by atoms with van der Waals surface area (Å²) in [5.74, 6) is 0.896. The van der Waals surface area contributed by atoms with Gasteiger partial charge >= 0.3 is 0 Å². The van der Waals surface area contributed by atoms with Crippen molar-refractivity contribution in [2.24, 2.45) is 0 Å². The average Bonchev–Trinajstić information content (AvgIpc) is 2.44. The van der Waals surface area contributed by atoms with Crippen LogP contribution in [0.4, 0.5) is 0 Å². The lowest BCUT2D eigenvalue weighted by atomic mass is 10.2. The summed E-state index contributed by atoms with van der Waals surface area (Å²) in [5, 5.41) is 3.38. The normalized spacial score (nSPS) is 10.5. The summed E-state index contributed by atoms with van der Waals surface area (Å²) < 4.78 is 11.1. The van der Waals surface area contributed by atoms with Gasteiger partial charge in [0.2, 0.25) is 0 Å². The number of ether oxygens (including phenoxy) is 2. The molecule has 0 saturated heterocycles. The SMILES string of the molecule is C=C(C)CCOCCOc1ccc(CNCCC)cc1. The maximum Gasteiger partial charge on any atom is 0.119 e. The number of benzene rings is 1. The van der Waals surface area contributed by atoms with Crippen molar-refractivity contribution < 1.29 is 9.47 Å². The molecule has 0 amide bonds. The lowest BCUT2D eigenvalue weighted by molar-refractivity contribution is 0.102. The molecule has 0 radical (unpaired) electrons. The Morgan fingerprint density at radius 1 is 1.15 bits per heavy atom. The van der Waals surface area contributed by atoms with Gasteiger partial charge < -0.3 is 14.8 Å². The highest BCUT2D eigenvalue weighted by molar-refractivity contribution is 5.27. The van der Waals surface area contributed by atoms with E-state index in [9.17, 15) is 0 Å². The molecule has 0 aromatic heterocycles. The molecule has 0 atom stereocenters. The van der Waals surface area contributed by atoms with Gasteiger partial charge in [-0.05, 0) is 44.0 Å². The van der Waals surface area contributed by atoms with Crippen LogP contribution < -0.4 is 10.1 Å². The molecular formula is C17H27NO2. The van der Waals surface area contributed by atoms with E-state index >= 15 is 0 Å². The molecule has 1 rings (SSSR count). The van der Waals surface area contributed by atoms with Crippen LogP contribution in [0, 0.1) is 0 Å². The molecule has 3 heteroatoms. The summed E-state index contributed by atoms with van der Waals surface area (Å²) in [6.45, 7) is 11.9. The molecule has 1 aromatic rings. The molecule has 0 aliphatic heterocycles. The first-order valence-corrected chi connectivity index (χ1v) is 7.37. The smallest absolute Gasteiger partial charge is 0.119 e. The van der Waals surface area contributed by atoms with Crippen molar-refractivity contribution >= 4 is 0 Å². The molecule has 0 aliphatic carbocycles. The van der Waals surface area contributed by atoms with Gasteiger partial charge in [0.05, 0.1) is 13.2 Å². The summed E-state index contributed by atoms with van der Waals surface area (Å²) in [6, 6.07) is 8.22. The first-order valence-electron chi connectivity index (χ1n) is 7.37. The van der Waals surface area contributed by atoms with Crippen LogP contribution in [0.15, 0.2) is 36.4 Å². The second kappa shape index (κ2) is 10.5. The van der Waals surface area contributed by atoms with Gasteiger partial charge in [-0.25, -0.2) is 0 Å². The minimum Gasteiger partial charge on any atom is -0.491 e. The average molecular weight is 277 g/mol. The Morgan fingerprint density at radius 3 is 2.55 bits per heavy atom. The first kappa shape index (κ1) is 16.7. The van der Waals surface area contributed by atoms with Gasteiger partial charge in [0.15, 0.2) is 0 Å². The van der Waals surface area contributed by atoms with E-state index in [0.29, 0.717) is 13.2 Å². The Labute approximate surface area is 123 Å². The zero-order chi connectivity index (χ0) is 14.6. The van der Waals surface area contributed by atoms with Crippen molar-refractivity contribution in [3.8, 4) is 5.75 Å². The monoisotopic (exact) mass is 277 g/mol. The summed E-state index contributed by atoms with van der Waals surface area (Å²) in [6.07, 6.45) is 2.08. The van der Waals surface area contributed by atoms with E-state index in [0.717, 1.165) is 43.9 Å². The molecule has 0 fully saturated rings. The highest BCUT2D eigenvalue weighted by Crippen LogP contribution is 2.12. The lowest BCUT2D eigenvalue weighted by Crippen LogP contribution is -2.13. The van der Waals surface area contributed by atoms with Gasteiger partial charge in [0, 0.05) is 6.54 Å². The Kier molecular flexibility index (Phi) is 8.76. The third-order valence-corrected chi connectivity index (χ3v) is 2.85. The minimum atomic E-state index is 0.587. The Morgan fingerprint density at radius 2 is 1.90 bits per heavy atom. The van der Waals surface area contributed by atoms with Crippen LogP contribution in [-0.2, 0) is 11.3 Å². The fraction of sp³-hybridized carbons (Fsp3) is 0.529. The molecule has 0 aliphatic rings. The van der Waals surface area contributed by atoms with Gasteiger partial charge in [-0.2, -0.15) is 0 Å². The molecule has 20 heavy (non-hydrogen) atoms. The number of rotatable bonds is 11. The van der Waals surface area contributed by atoms with Crippen LogP contribution in [-0.4, -0.2) is 26.4 Å². The number of nitrogens with one attached hydrogen (secondary N) is 1. The zero-order valence-corrected chi connectivity index (χ0v) is 12.8. The van der Waals surface area contributed by atoms with Gasteiger partial charge in [-0.3, -0.25) is 0 Å². The quantitative estimate of drug-likeness (QED) is 0.495. The molecule has 3 nitrogen and oxygen atoms in total. The highest BCUT2D eigenvalue weighted by Gasteiger charge is 1.96. The molecular weight excluding hydrogens is 250 g/mol. The number of hydrogen-bond donors (Lipinski definition) is 1. The van der Waals surface area contributed by atoms with Crippen LogP contribution in [0.5, 0.6) is 5.75 Å². The van der Waals surface area contributed by atoms with Crippen molar-refractivity contribution in [3.63, 3.8) is 0 Å². The van der Waals surface area contributed by atoms with Gasteiger partial charge in [-0.1, -0.05) is 24.6 Å². The predicted octanol–water partition coefficient (Wildman–Crippen LogP) is 3.55. The van der Waals surface area contributed by atoms with Crippen molar-refractivity contribution in [3.05, 3.63) is 42.0 Å². The van der Waals surface area contributed by atoms with E-state index in [1.165, 1.54) is 5.56 Å². The van der Waals surface area contributed by atoms with Crippen LogP contribution in [0.3, 0.4) is 0 Å². The van der Waals surface area contributed by atoms with Gasteiger partial charge in [0.25, 0.3) is 0 Å². The largest absolute Gasteiger partial charge is 0.491 e. The Hall–Kier alpha value is -1.32. The molecule has 1 aromatic carbocycles. The Bertz CT molecular complexity index is 373. The summed E-state index contributed by atoms with van der Waals surface area (Å²) in [5.41, 5.74) is 2.43. The molecule has 0 spiro atoms. The second-order valence-corrected chi connectivity index (χ2v) is 4.99. The fourth-order valence-electron chi connectivity index (χ4n) is 1.68. The third-order valence-electron chi connectivity index (χ3n) is 2.85. The van der Waals surface area contributed by atoms with Crippen molar-refractivity contribution in [2.75, 3.05) is 26.4 Å². The third kappa shape index (κ3) is 7.97. The van der Waals surface area contributed by atoms with Crippen molar-refractivity contribution in [1.82, 2.24) is 5.32 Å². The van der Waals surface area contributed by atoms with E-state index in [4.69, 9.17) is 9.47 Å². The predicted molar refractivity (Wildman–Crippen MR) is 84.2 cm³/mol. The minimum absolute atomic E-state index is 0.587. The van der Waals surface area contributed by atoms with E-state index in [-0.39, 0.29) is 0 Å². The summed E-state index contributed by atoms with van der Waals surface area (Å²) >= 11 is 0. The first-order chi connectivity index (χ1) is 9.72.